The van der Waals surface area contributed by atoms with Crippen LogP contribution in [0.1, 0.15) is 132 Å². The highest BCUT2D eigenvalue weighted by atomic mass is 32.2. The smallest absolute Gasteiger partial charge is 0.353 e. The van der Waals surface area contributed by atoms with Gasteiger partial charge in [0.05, 0.1) is 95.0 Å². The molecule has 20 atom stereocenters. The van der Waals surface area contributed by atoms with Crippen LogP contribution in [-0.2, 0) is 38.4 Å². The molecule has 0 aromatic carbocycles. The number of aliphatic hydroxyl groups is 4. The average Bonchev–Trinajstić information content (AvgIpc) is 1.58. The van der Waals surface area contributed by atoms with Crippen LogP contribution >= 0.6 is 92.4 Å². The Kier molecular flexibility index (Phi) is 25.4. The fraction of sp³-hybridized carbons (Fsp3) is 0.532. The van der Waals surface area contributed by atoms with Crippen LogP contribution in [0.25, 0.3) is 22.3 Å². The SMILES string of the molecule is C[C@@H]1CC(c2csc(SC3=C(C(=O)O)N4C(=O)[C@H]([C@@H](C)O)[C@H]4[C@H]3C)n2)=CCN1.C[C@@H]1CC(c2csc(SC3=C(C(=O)O)N4C(=O)[C@H]([C@@H](C)O)[C@H]4[C@H]3C)n2)=CCN1.C[C@@H]1CC=C(c2csc(SC3=C(C(=O)O)N4C(=O)[C@H]([C@@H](C)O)[C@H]4[C@H]3C)n2)CN1C.C[C@H]1CC=C(c2csc(SC3=C(C(=O)O)N4C(=O)[C@H]([C@@H](C)O)[C@H]4[C@H]3C)n2)CN1. The Balaban J connectivity index is 0.000000132. The predicted octanol–water partition coefficient (Wildman–Crippen LogP) is 8.96. The van der Waals surface area contributed by atoms with Crippen LogP contribution in [0.3, 0.4) is 0 Å². The van der Waals surface area contributed by atoms with Crippen molar-refractivity contribution < 1.29 is 79.2 Å². The van der Waals surface area contributed by atoms with Gasteiger partial charge in [-0.25, -0.2) is 39.1 Å². The molecule has 36 heteroatoms. The van der Waals surface area contributed by atoms with E-state index in [1.807, 2.05) is 49.2 Å². The van der Waals surface area contributed by atoms with Crippen molar-refractivity contribution in [2.24, 2.45) is 47.3 Å². The van der Waals surface area contributed by atoms with Gasteiger partial charge in [-0.3, -0.25) is 24.1 Å². The van der Waals surface area contributed by atoms with Crippen LogP contribution in [0.15, 0.2) is 106 Å². The minimum absolute atomic E-state index is 0.0357. The Labute approximate surface area is 687 Å². The van der Waals surface area contributed by atoms with E-state index in [-0.39, 0.29) is 94.3 Å². The lowest BCUT2D eigenvalue weighted by Crippen LogP contribution is -2.63. The number of carbonyl (C=O) groups excluding carboxylic acids is 4. The Morgan fingerprint density at radius 3 is 0.956 bits per heavy atom. The summed E-state index contributed by atoms with van der Waals surface area (Å²) in [6.07, 6.45) is 9.28. The van der Waals surface area contributed by atoms with Crippen molar-refractivity contribution in [3.05, 3.63) is 111 Å². The monoisotopic (exact) mass is 1700 g/mol. The number of carboxylic acid groups (broad SMARTS) is 4. The lowest BCUT2D eigenvalue weighted by Gasteiger charge is -2.46. The van der Waals surface area contributed by atoms with Crippen molar-refractivity contribution in [1.29, 1.82) is 0 Å². The van der Waals surface area contributed by atoms with Gasteiger partial charge in [0.25, 0.3) is 0 Å². The molecule has 12 aliphatic heterocycles. The van der Waals surface area contributed by atoms with Gasteiger partial charge in [0.15, 0.2) is 17.4 Å². The summed E-state index contributed by atoms with van der Waals surface area (Å²) in [5.74, 6) is -8.49. The molecule has 16 heterocycles. The number of rotatable bonds is 20. The van der Waals surface area contributed by atoms with Crippen molar-refractivity contribution >= 4 is 162 Å². The number of nitrogens with zero attached hydrogens (tertiary/aromatic N) is 9. The summed E-state index contributed by atoms with van der Waals surface area (Å²) in [6, 6.07) is 0.586. The number of aliphatic carboxylic acids is 4. The molecule has 4 aromatic rings. The van der Waals surface area contributed by atoms with E-state index in [0.29, 0.717) is 43.8 Å². The lowest BCUT2D eigenvalue weighted by molar-refractivity contribution is -0.163. The number of amides is 4. The van der Waals surface area contributed by atoms with Gasteiger partial charge in [-0.2, -0.15) is 0 Å². The Morgan fingerprint density at radius 1 is 0.416 bits per heavy atom. The van der Waals surface area contributed by atoms with E-state index >= 15 is 0 Å². The van der Waals surface area contributed by atoms with Gasteiger partial charge >= 0.3 is 23.9 Å². The molecule has 11 N–H and O–H groups in total. The molecule has 0 saturated carbocycles. The number of carbonyl (C=O) groups is 8. The molecular weight excluding hydrogens is 1610 g/mol. The fourth-order valence-electron chi connectivity index (χ4n) is 17.1. The topological polar surface area (TPSA) is 402 Å². The number of β-lactam (4-membered cyclic amide) rings is 4. The van der Waals surface area contributed by atoms with E-state index in [4.69, 9.17) is 15.0 Å². The zero-order chi connectivity index (χ0) is 81.5. The number of nitrogens with one attached hydrogen (secondary N) is 3. The number of carboxylic acids is 4. The minimum atomic E-state index is -1.11. The molecule has 4 amide bonds. The molecule has 12 aliphatic rings. The maximum atomic E-state index is 12.4. The molecule has 16 rings (SSSR count). The van der Waals surface area contributed by atoms with Crippen LogP contribution in [0.4, 0.5) is 0 Å². The van der Waals surface area contributed by atoms with E-state index in [2.05, 4.69) is 84.9 Å². The van der Waals surface area contributed by atoms with E-state index in [9.17, 15) is 79.2 Å². The molecule has 0 bridgehead atoms. The van der Waals surface area contributed by atoms with Crippen LogP contribution < -0.4 is 16.0 Å². The molecule has 0 radical (unpaired) electrons. The summed E-state index contributed by atoms with van der Waals surface area (Å²) in [4.78, 5) is 126. The maximum absolute atomic E-state index is 12.4. The Bertz CT molecular complexity index is 4610. The second kappa shape index (κ2) is 34.1. The molecule has 0 unspecified atom stereocenters. The largest absolute Gasteiger partial charge is 0.477 e. The van der Waals surface area contributed by atoms with E-state index in [0.717, 1.165) is 97.6 Å². The summed E-state index contributed by atoms with van der Waals surface area (Å²) in [5, 5.41) is 96.8. The highest BCUT2D eigenvalue weighted by Crippen LogP contribution is 2.57. The summed E-state index contributed by atoms with van der Waals surface area (Å²) < 4.78 is 3.07. The third-order valence-corrected chi connectivity index (χ3v) is 32.1. The molecule has 113 heavy (non-hydrogen) atoms. The number of thioether (sulfide) groups is 4. The van der Waals surface area contributed by atoms with Crippen molar-refractivity contribution in [3.63, 3.8) is 0 Å². The lowest BCUT2D eigenvalue weighted by atomic mass is 9.79. The zero-order valence-corrected chi connectivity index (χ0v) is 71.0. The van der Waals surface area contributed by atoms with Gasteiger partial charge in [0.1, 0.15) is 22.8 Å². The number of aromatic nitrogens is 4. The van der Waals surface area contributed by atoms with Gasteiger partial charge in [0, 0.05) is 115 Å². The van der Waals surface area contributed by atoms with Crippen LogP contribution in [0, 0.1) is 47.3 Å². The number of fused-ring (bicyclic) bond motifs is 4. The van der Waals surface area contributed by atoms with Gasteiger partial charge in [-0.05, 0) is 110 Å². The molecule has 0 aliphatic carbocycles. The molecule has 0 spiro atoms. The Hall–Kier alpha value is -6.72. The van der Waals surface area contributed by atoms with E-state index < -0.39 is 72.0 Å². The molecule has 28 nitrogen and oxygen atoms in total. The number of hydrogen-bond acceptors (Lipinski definition) is 28. The van der Waals surface area contributed by atoms with E-state index in [1.165, 1.54) is 129 Å². The van der Waals surface area contributed by atoms with Gasteiger partial charge in [-0.1, -0.05) is 99.0 Å². The molecule has 4 saturated heterocycles. The van der Waals surface area contributed by atoms with Crippen LogP contribution in [0.2, 0.25) is 0 Å². The average molecular weight is 1700 g/mol. The first-order chi connectivity index (χ1) is 53.6. The first-order valence-corrected chi connectivity index (χ1v) is 44.5. The molecule has 4 aromatic heterocycles. The predicted molar refractivity (Wildman–Crippen MR) is 435 cm³/mol. The summed E-state index contributed by atoms with van der Waals surface area (Å²) in [6.45, 7) is 25.9. The Morgan fingerprint density at radius 2 is 0.699 bits per heavy atom. The van der Waals surface area contributed by atoms with Crippen LogP contribution in [-0.4, -0.2) is 239 Å². The van der Waals surface area contributed by atoms with E-state index in [1.54, 1.807) is 27.7 Å². The highest BCUT2D eigenvalue weighted by Gasteiger charge is 2.64. The van der Waals surface area contributed by atoms with Crippen molar-refractivity contribution in [2.75, 3.05) is 33.2 Å². The fourth-order valence-corrected chi connectivity index (χ4v) is 25.5. The molecular formula is C77H94N12O16S8. The quantitative estimate of drug-likeness (QED) is 0.0368. The summed E-state index contributed by atoms with van der Waals surface area (Å²) >= 11 is 11.3. The molecule has 4 fully saturated rings. The van der Waals surface area contributed by atoms with Gasteiger partial charge in [-0.15, -0.1) is 45.3 Å². The summed E-state index contributed by atoms with van der Waals surface area (Å²) in [5.41, 5.74) is 8.61. The van der Waals surface area contributed by atoms with Gasteiger partial charge < -0.3 is 76.4 Å². The normalized spacial score (nSPS) is 30.8. The number of thiazole rings is 4. The second-order valence-electron chi connectivity index (χ2n) is 31.0. The second-order valence-corrected chi connectivity index (χ2v) is 39.5. The maximum Gasteiger partial charge on any atom is 0.353 e. The number of likely N-dealkylation sites (N-methyl/N-ethyl adjacent to an activating group) is 1. The minimum Gasteiger partial charge on any atom is -0.477 e. The first kappa shape index (κ1) is 84.2. The van der Waals surface area contributed by atoms with Crippen LogP contribution in [0.5, 0.6) is 0 Å². The first-order valence-electron chi connectivity index (χ1n) is 37.7. The third-order valence-electron chi connectivity index (χ3n) is 23.2. The molecule has 606 valence electrons. The van der Waals surface area contributed by atoms with Crippen molar-refractivity contribution in [3.8, 4) is 0 Å². The number of hydrogen-bond donors (Lipinski definition) is 11. The number of aliphatic hydroxyl groups excluding tert-OH is 4. The van der Waals surface area contributed by atoms with Crippen molar-refractivity contribution in [1.82, 2.24) is 60.4 Å². The zero-order valence-electron chi connectivity index (χ0n) is 64.5. The van der Waals surface area contributed by atoms with Crippen molar-refractivity contribution in [2.45, 2.75) is 199 Å². The summed E-state index contributed by atoms with van der Waals surface area (Å²) in [7, 11) is 2.10. The van der Waals surface area contributed by atoms with Gasteiger partial charge in [0.2, 0.25) is 23.6 Å². The third kappa shape index (κ3) is 16.1. The standard InChI is InChI=1S/C20H25N3O4S2.3C19H23N3O4S2/c1-9-5-6-12(7-22(9)4)13-8-28-20(21-13)29-17-10(2)15-14(11(3)24)18(25)23(15)16(17)19(26)27;2*1-8-6-11(4-5-20-8)12-7-27-19(21-12)28-16-9(2)14-13(10(3)23)17(24)22(14)15(16)18(25)26;1-8-4-5-11(6-20-8)12-7-27-19(21-12)28-16-9(2)14-13(10(3)23)17(24)22(14)15(16)18(25)26/h6,8-11,14-15,24H,5,7H2,1-4H3,(H,26,27);2*4,7-10,13-14,20,23H,5-6H2,1-3H3,(H,25,26);5,7-10,13-14,20,23H,4,6H2,1-3H3,(H,25,26)/t9-,10-,11-,14-,15-;2*8-,9-,10-,13-,14-;8-,9+,10+,13+,14+/m1110/s1. The highest BCUT2D eigenvalue weighted by molar-refractivity contribution is 8.05.